The van der Waals surface area contributed by atoms with E-state index in [1.54, 1.807) is 24.3 Å². The summed E-state index contributed by atoms with van der Waals surface area (Å²) in [5.74, 6) is -1.55. The number of thiophene rings is 1. The quantitative estimate of drug-likeness (QED) is 0.254. The second kappa shape index (κ2) is 7.76. The molecule has 2 aromatic heterocycles. The predicted molar refractivity (Wildman–Crippen MR) is 125 cm³/mol. The number of aromatic nitrogens is 1. The smallest absolute Gasteiger partial charge is 0.301 e. The maximum Gasteiger partial charge on any atom is 0.301 e. The topological polar surface area (TPSA) is 70.5 Å². The number of hydrogen-bond donors (Lipinski definition) is 1. The summed E-state index contributed by atoms with van der Waals surface area (Å²) < 4.78 is 0.962. The zero-order chi connectivity index (χ0) is 21.5. The van der Waals surface area contributed by atoms with Crippen LogP contribution in [0.5, 0.6) is 0 Å². The van der Waals surface area contributed by atoms with Crippen LogP contribution >= 0.6 is 22.7 Å². The Morgan fingerprint density at radius 2 is 1.90 bits per heavy atom. The third-order valence-corrected chi connectivity index (χ3v) is 7.30. The van der Waals surface area contributed by atoms with Gasteiger partial charge in [-0.3, -0.25) is 14.5 Å². The molecular formula is C24H18N2O3S2. The summed E-state index contributed by atoms with van der Waals surface area (Å²) in [6.45, 7) is 2.09. The van der Waals surface area contributed by atoms with Gasteiger partial charge < -0.3 is 5.11 Å². The second-order valence-electron chi connectivity index (χ2n) is 7.20. The first-order valence-electron chi connectivity index (χ1n) is 9.87. The van der Waals surface area contributed by atoms with Gasteiger partial charge in [-0.05, 0) is 35.6 Å². The Bertz CT molecular complexity index is 1320. The third-order valence-electron chi connectivity index (χ3n) is 5.36. The second-order valence-corrected chi connectivity index (χ2v) is 9.19. The number of thiazole rings is 1. The van der Waals surface area contributed by atoms with Crippen molar-refractivity contribution in [2.45, 2.75) is 19.4 Å². The molecule has 1 aliphatic rings. The summed E-state index contributed by atoms with van der Waals surface area (Å²) in [6, 6.07) is 17.9. The first-order valence-corrected chi connectivity index (χ1v) is 11.6. The number of benzene rings is 2. The maximum atomic E-state index is 13.2. The number of aryl methyl sites for hydroxylation is 1. The molecule has 7 heteroatoms. The molecule has 4 aromatic rings. The number of aliphatic hydroxyl groups excluding tert-OH is 1. The molecule has 0 aliphatic carbocycles. The van der Waals surface area contributed by atoms with Gasteiger partial charge in [0.1, 0.15) is 11.8 Å². The summed E-state index contributed by atoms with van der Waals surface area (Å²) in [5.41, 5.74) is 2.56. The average Bonchev–Trinajstić information content (AvgIpc) is 3.52. The number of nitrogens with zero attached hydrogens (tertiary/aromatic N) is 2. The monoisotopic (exact) mass is 446 g/mol. The van der Waals surface area contributed by atoms with Crippen LogP contribution < -0.4 is 4.90 Å². The highest BCUT2D eigenvalue weighted by Gasteiger charge is 2.48. The van der Waals surface area contributed by atoms with Crippen LogP contribution in [0.3, 0.4) is 0 Å². The number of fused-ring (bicyclic) bond motifs is 1. The third kappa shape index (κ3) is 3.26. The molecule has 154 valence electrons. The Morgan fingerprint density at radius 1 is 1.10 bits per heavy atom. The molecule has 1 aliphatic heterocycles. The number of aliphatic hydroxyl groups is 1. The summed E-state index contributed by atoms with van der Waals surface area (Å²) in [6.07, 6.45) is 0.903. The fourth-order valence-electron chi connectivity index (χ4n) is 3.78. The van der Waals surface area contributed by atoms with Gasteiger partial charge in [0.05, 0.1) is 15.8 Å². The molecule has 5 rings (SSSR count). The van der Waals surface area contributed by atoms with Crippen molar-refractivity contribution >= 4 is 55.5 Å². The average molecular weight is 447 g/mol. The minimum absolute atomic E-state index is 0.0900. The van der Waals surface area contributed by atoms with Gasteiger partial charge in [-0.15, -0.1) is 11.3 Å². The van der Waals surface area contributed by atoms with Crippen molar-refractivity contribution in [3.8, 4) is 0 Å². The van der Waals surface area contributed by atoms with Gasteiger partial charge in [-0.1, -0.05) is 60.7 Å². The Morgan fingerprint density at radius 3 is 2.61 bits per heavy atom. The number of carbonyl (C=O) groups excluding carboxylic acids is 2. The van der Waals surface area contributed by atoms with Gasteiger partial charge in [0.25, 0.3) is 5.78 Å². The Labute approximate surface area is 186 Å². The fourth-order valence-corrected chi connectivity index (χ4v) is 5.66. The van der Waals surface area contributed by atoms with E-state index in [-0.39, 0.29) is 11.3 Å². The normalized spacial score (nSPS) is 18.2. The van der Waals surface area contributed by atoms with E-state index < -0.39 is 17.7 Å². The summed E-state index contributed by atoms with van der Waals surface area (Å²) in [4.78, 5) is 33.1. The minimum atomic E-state index is -0.716. The number of amides is 1. The van der Waals surface area contributed by atoms with E-state index in [4.69, 9.17) is 0 Å². The van der Waals surface area contributed by atoms with Crippen LogP contribution in [0.2, 0.25) is 0 Å². The van der Waals surface area contributed by atoms with Crippen LogP contribution in [0.4, 0.5) is 5.13 Å². The Hall–Kier alpha value is -3.29. The van der Waals surface area contributed by atoms with Gasteiger partial charge >= 0.3 is 5.91 Å². The van der Waals surface area contributed by atoms with E-state index in [1.807, 2.05) is 35.7 Å². The molecular weight excluding hydrogens is 428 g/mol. The molecule has 5 nitrogen and oxygen atoms in total. The highest BCUT2D eigenvalue weighted by Crippen LogP contribution is 2.45. The van der Waals surface area contributed by atoms with Crippen LogP contribution in [0.1, 0.15) is 29.0 Å². The lowest BCUT2D eigenvalue weighted by atomic mass is 10.00. The highest BCUT2D eigenvalue weighted by atomic mass is 32.1. The predicted octanol–water partition coefficient (Wildman–Crippen LogP) is 5.55. The summed E-state index contributed by atoms with van der Waals surface area (Å²) in [7, 11) is 0. The molecule has 0 bridgehead atoms. The van der Waals surface area contributed by atoms with E-state index in [2.05, 4.69) is 18.0 Å². The SMILES string of the molecule is CCc1ccc2nc(N3C(=O)C(=O)C(=C(O)c4ccccc4)[C@@H]3c3cccs3)sc2c1. The number of rotatable bonds is 4. The van der Waals surface area contributed by atoms with Gasteiger partial charge in [0.15, 0.2) is 5.13 Å². The first kappa shape index (κ1) is 19.7. The lowest BCUT2D eigenvalue weighted by Crippen LogP contribution is -2.28. The van der Waals surface area contributed by atoms with Crippen LogP contribution in [0, 0.1) is 0 Å². The van der Waals surface area contributed by atoms with E-state index in [1.165, 1.54) is 33.1 Å². The number of carbonyl (C=O) groups is 2. The number of ketones is 1. The molecule has 3 heterocycles. The molecule has 1 atom stereocenters. The molecule has 1 amide bonds. The molecule has 1 N–H and O–H groups in total. The number of Topliss-reactive ketones (excluding diaryl/α,β-unsaturated/α-hetero) is 1. The molecule has 0 spiro atoms. The van der Waals surface area contributed by atoms with Crippen LogP contribution in [0.15, 0.2) is 71.6 Å². The van der Waals surface area contributed by atoms with Crippen LogP contribution in [-0.2, 0) is 16.0 Å². The Kier molecular flexibility index (Phi) is 4.92. The zero-order valence-electron chi connectivity index (χ0n) is 16.6. The van der Waals surface area contributed by atoms with Crippen molar-refractivity contribution in [3.05, 3.63) is 87.6 Å². The van der Waals surface area contributed by atoms with Crippen LogP contribution in [0.25, 0.3) is 16.0 Å². The molecule has 31 heavy (non-hydrogen) atoms. The largest absolute Gasteiger partial charge is 0.507 e. The molecule has 0 saturated carbocycles. The maximum absolute atomic E-state index is 13.2. The first-order chi connectivity index (χ1) is 15.1. The molecule has 1 fully saturated rings. The summed E-state index contributed by atoms with van der Waals surface area (Å²) in [5, 5.41) is 13.4. The zero-order valence-corrected chi connectivity index (χ0v) is 18.2. The lowest BCUT2D eigenvalue weighted by molar-refractivity contribution is -0.132. The van der Waals surface area contributed by atoms with Gasteiger partial charge in [0.2, 0.25) is 0 Å². The molecule has 0 unspecified atom stereocenters. The van der Waals surface area contributed by atoms with Crippen molar-refractivity contribution in [1.82, 2.24) is 4.98 Å². The fraction of sp³-hybridized carbons (Fsp3) is 0.125. The summed E-state index contributed by atoms with van der Waals surface area (Å²) >= 11 is 2.82. The lowest BCUT2D eigenvalue weighted by Gasteiger charge is -2.21. The van der Waals surface area contributed by atoms with Crippen molar-refractivity contribution in [1.29, 1.82) is 0 Å². The van der Waals surface area contributed by atoms with E-state index in [0.29, 0.717) is 10.7 Å². The van der Waals surface area contributed by atoms with Crippen molar-refractivity contribution in [2.24, 2.45) is 0 Å². The highest BCUT2D eigenvalue weighted by molar-refractivity contribution is 7.22. The Balaban J connectivity index is 1.70. The molecule has 1 saturated heterocycles. The van der Waals surface area contributed by atoms with Gasteiger partial charge in [-0.2, -0.15) is 0 Å². The number of anilines is 1. The minimum Gasteiger partial charge on any atom is -0.507 e. The van der Waals surface area contributed by atoms with Crippen molar-refractivity contribution in [3.63, 3.8) is 0 Å². The van der Waals surface area contributed by atoms with Crippen LogP contribution in [-0.4, -0.2) is 21.8 Å². The molecule has 2 aromatic carbocycles. The standard InChI is InChI=1S/C24H18N2O3S2/c1-2-14-10-11-16-18(13-14)31-24(25-16)26-20(17-9-6-12-30-17)19(22(28)23(26)29)21(27)15-7-4-3-5-8-15/h3-13,20,27H,2H2,1H3/t20-/m0/s1. The van der Waals surface area contributed by atoms with Crippen molar-refractivity contribution < 1.29 is 14.7 Å². The molecule has 0 radical (unpaired) electrons. The van der Waals surface area contributed by atoms with Gasteiger partial charge in [0, 0.05) is 10.4 Å². The van der Waals surface area contributed by atoms with Gasteiger partial charge in [-0.25, -0.2) is 4.98 Å². The van der Waals surface area contributed by atoms with E-state index >= 15 is 0 Å². The van der Waals surface area contributed by atoms with E-state index in [0.717, 1.165) is 21.5 Å². The number of hydrogen-bond acceptors (Lipinski definition) is 6. The van der Waals surface area contributed by atoms with Crippen molar-refractivity contribution in [2.75, 3.05) is 4.90 Å². The van der Waals surface area contributed by atoms with E-state index in [9.17, 15) is 14.7 Å².